The lowest BCUT2D eigenvalue weighted by molar-refractivity contribution is -0.180. The Morgan fingerprint density at radius 3 is 2.50 bits per heavy atom. The lowest BCUT2D eigenvalue weighted by atomic mass is 9.84. The van der Waals surface area contributed by atoms with Gasteiger partial charge in [0.1, 0.15) is 5.75 Å². The first kappa shape index (κ1) is 13.4. The Bertz CT molecular complexity index is 438. The van der Waals surface area contributed by atoms with E-state index in [2.05, 4.69) is 26.8 Å². The molecule has 1 N–H and O–H groups in total. The van der Waals surface area contributed by atoms with E-state index in [0.717, 1.165) is 16.9 Å². The Morgan fingerprint density at radius 1 is 1.28 bits per heavy atom. The number of ether oxygens (including phenoxy) is 2. The summed E-state index contributed by atoms with van der Waals surface area (Å²) in [5, 5.41) is 9.53. The molecule has 1 aromatic carbocycles. The zero-order valence-corrected chi connectivity index (χ0v) is 11.8. The molecule has 100 valence electrons. The Balaban J connectivity index is 2.52. The number of hydrogen-bond acceptors (Lipinski definition) is 3. The van der Waals surface area contributed by atoms with Crippen LogP contribution in [0.1, 0.15) is 51.3 Å². The minimum Gasteiger partial charge on any atom is -0.462 e. The third-order valence-electron chi connectivity index (χ3n) is 3.20. The summed E-state index contributed by atoms with van der Waals surface area (Å²) >= 11 is 0. The van der Waals surface area contributed by atoms with E-state index < -0.39 is 5.79 Å². The first-order valence-corrected chi connectivity index (χ1v) is 6.33. The van der Waals surface area contributed by atoms with Crippen LogP contribution in [0, 0.1) is 0 Å². The van der Waals surface area contributed by atoms with Crippen molar-refractivity contribution >= 4 is 0 Å². The molecule has 1 aliphatic heterocycles. The molecule has 18 heavy (non-hydrogen) atoms. The lowest BCUT2D eigenvalue weighted by Crippen LogP contribution is -2.36. The molecule has 1 heterocycles. The van der Waals surface area contributed by atoms with Crippen LogP contribution >= 0.6 is 0 Å². The quantitative estimate of drug-likeness (QED) is 0.832. The number of fused-ring (bicyclic) bond motifs is 1. The van der Waals surface area contributed by atoms with Crippen molar-refractivity contribution in [3.8, 4) is 5.75 Å². The lowest BCUT2D eigenvalue weighted by Gasteiger charge is -2.35. The average Bonchev–Trinajstić information content (AvgIpc) is 2.25. The largest absolute Gasteiger partial charge is 0.462 e. The summed E-state index contributed by atoms with van der Waals surface area (Å²) < 4.78 is 11.5. The smallest absolute Gasteiger partial charge is 0.205 e. The molecule has 0 saturated carbocycles. The Kier molecular flexibility index (Phi) is 3.16. The van der Waals surface area contributed by atoms with Crippen LogP contribution in [-0.4, -0.2) is 10.9 Å². The van der Waals surface area contributed by atoms with Gasteiger partial charge in [0, 0.05) is 25.0 Å². The van der Waals surface area contributed by atoms with E-state index in [9.17, 15) is 5.11 Å². The van der Waals surface area contributed by atoms with E-state index in [1.807, 2.05) is 19.9 Å². The molecule has 0 bridgehead atoms. The fourth-order valence-corrected chi connectivity index (χ4v) is 2.07. The van der Waals surface area contributed by atoms with E-state index in [-0.39, 0.29) is 12.0 Å². The molecule has 0 amide bonds. The first-order chi connectivity index (χ1) is 8.23. The van der Waals surface area contributed by atoms with Crippen LogP contribution in [0.3, 0.4) is 0 Å². The third kappa shape index (κ3) is 2.52. The Morgan fingerprint density at radius 2 is 1.94 bits per heavy atom. The van der Waals surface area contributed by atoms with Crippen LogP contribution < -0.4 is 4.74 Å². The second-order valence-electron chi connectivity index (χ2n) is 6.32. The van der Waals surface area contributed by atoms with Gasteiger partial charge in [0.25, 0.3) is 0 Å². The fourth-order valence-electron chi connectivity index (χ4n) is 2.07. The minimum atomic E-state index is -0.625. The van der Waals surface area contributed by atoms with Crippen LogP contribution in [0.4, 0.5) is 0 Å². The molecule has 2 rings (SSSR count). The molecule has 0 atom stereocenters. The minimum absolute atomic E-state index is 0.0116. The summed E-state index contributed by atoms with van der Waals surface area (Å²) in [6.45, 7) is 10.8. The molecular weight excluding hydrogens is 228 g/mol. The van der Waals surface area contributed by atoms with E-state index in [1.165, 1.54) is 5.56 Å². The molecule has 0 saturated heterocycles. The van der Waals surface area contributed by atoms with E-state index in [4.69, 9.17) is 9.47 Å². The van der Waals surface area contributed by atoms with Crippen molar-refractivity contribution in [1.82, 2.24) is 0 Å². The van der Waals surface area contributed by atoms with Gasteiger partial charge in [-0.1, -0.05) is 20.8 Å². The summed E-state index contributed by atoms with van der Waals surface area (Å²) in [7, 11) is 0. The highest BCUT2D eigenvalue weighted by Crippen LogP contribution is 2.37. The molecular formula is C15H22O3. The van der Waals surface area contributed by atoms with Gasteiger partial charge in [-0.2, -0.15) is 0 Å². The first-order valence-electron chi connectivity index (χ1n) is 6.33. The summed E-state index contributed by atoms with van der Waals surface area (Å²) in [6.07, 6.45) is 0. The molecule has 0 aliphatic carbocycles. The van der Waals surface area contributed by atoms with Gasteiger partial charge in [-0.25, -0.2) is 0 Å². The van der Waals surface area contributed by atoms with Crippen LogP contribution in [0.25, 0.3) is 0 Å². The molecule has 1 aromatic rings. The Hall–Kier alpha value is -1.06. The summed E-state index contributed by atoms with van der Waals surface area (Å²) in [4.78, 5) is 0. The van der Waals surface area contributed by atoms with Crippen molar-refractivity contribution in [2.45, 2.75) is 59.0 Å². The summed E-state index contributed by atoms with van der Waals surface area (Å²) in [5.41, 5.74) is 3.10. The highest BCUT2D eigenvalue weighted by Gasteiger charge is 2.30. The van der Waals surface area contributed by atoms with E-state index in [0.29, 0.717) is 6.61 Å². The molecule has 0 unspecified atom stereocenters. The molecule has 0 aromatic heterocycles. The zero-order valence-electron chi connectivity index (χ0n) is 11.8. The molecule has 0 spiro atoms. The van der Waals surface area contributed by atoms with Crippen molar-refractivity contribution < 1.29 is 14.6 Å². The van der Waals surface area contributed by atoms with Crippen LogP contribution in [0.2, 0.25) is 0 Å². The van der Waals surface area contributed by atoms with Gasteiger partial charge in [-0.05, 0) is 23.1 Å². The number of aliphatic hydroxyl groups excluding tert-OH is 1. The van der Waals surface area contributed by atoms with Gasteiger partial charge in [0.05, 0.1) is 13.2 Å². The standard InChI is InChI=1S/C15H22O3/c1-14(2,3)12-6-10(8-16)13-11(7-12)9-17-15(4,5)18-13/h6-7,16H,8-9H2,1-5H3. The molecule has 3 heteroatoms. The van der Waals surface area contributed by atoms with Crippen molar-refractivity contribution in [2.24, 2.45) is 0 Å². The predicted octanol–water partition coefficient (Wildman–Crippen LogP) is 3.12. The zero-order chi connectivity index (χ0) is 13.6. The fraction of sp³-hybridized carbons (Fsp3) is 0.600. The number of rotatable bonds is 1. The average molecular weight is 250 g/mol. The maximum Gasteiger partial charge on any atom is 0.205 e. The second kappa shape index (κ2) is 4.25. The summed E-state index contributed by atoms with van der Waals surface area (Å²) in [5.74, 6) is 0.155. The number of aliphatic hydroxyl groups is 1. The second-order valence-corrected chi connectivity index (χ2v) is 6.32. The molecule has 0 radical (unpaired) electrons. The topological polar surface area (TPSA) is 38.7 Å². The van der Waals surface area contributed by atoms with Crippen LogP contribution in [-0.2, 0) is 23.4 Å². The van der Waals surface area contributed by atoms with Crippen LogP contribution in [0.5, 0.6) is 5.75 Å². The van der Waals surface area contributed by atoms with Crippen LogP contribution in [0.15, 0.2) is 12.1 Å². The molecule has 3 nitrogen and oxygen atoms in total. The van der Waals surface area contributed by atoms with Crippen molar-refractivity contribution in [2.75, 3.05) is 0 Å². The molecule has 1 aliphatic rings. The molecule has 0 fully saturated rings. The number of hydrogen-bond donors (Lipinski definition) is 1. The predicted molar refractivity (Wildman–Crippen MR) is 70.6 cm³/mol. The van der Waals surface area contributed by atoms with Gasteiger partial charge < -0.3 is 14.6 Å². The van der Waals surface area contributed by atoms with Gasteiger partial charge in [-0.15, -0.1) is 0 Å². The highest BCUT2D eigenvalue weighted by atomic mass is 16.7. The van der Waals surface area contributed by atoms with Gasteiger partial charge in [0.15, 0.2) is 0 Å². The Labute approximate surface area is 109 Å². The van der Waals surface area contributed by atoms with Crippen molar-refractivity contribution in [1.29, 1.82) is 0 Å². The van der Waals surface area contributed by atoms with Crippen molar-refractivity contribution in [3.63, 3.8) is 0 Å². The normalized spacial score (nSPS) is 18.1. The SMILES string of the molecule is CC1(C)OCc2cc(C(C)(C)C)cc(CO)c2O1. The highest BCUT2D eigenvalue weighted by molar-refractivity contribution is 5.47. The monoisotopic (exact) mass is 250 g/mol. The van der Waals surface area contributed by atoms with Gasteiger partial charge in [-0.3, -0.25) is 0 Å². The van der Waals surface area contributed by atoms with E-state index >= 15 is 0 Å². The third-order valence-corrected chi connectivity index (χ3v) is 3.20. The summed E-state index contributed by atoms with van der Waals surface area (Å²) in [6, 6.07) is 4.14. The van der Waals surface area contributed by atoms with Crippen molar-refractivity contribution in [3.05, 3.63) is 28.8 Å². The van der Waals surface area contributed by atoms with Gasteiger partial charge >= 0.3 is 0 Å². The maximum atomic E-state index is 9.53. The maximum absolute atomic E-state index is 9.53. The number of benzene rings is 1. The van der Waals surface area contributed by atoms with E-state index in [1.54, 1.807) is 0 Å². The van der Waals surface area contributed by atoms with Gasteiger partial charge in [0.2, 0.25) is 5.79 Å².